The van der Waals surface area contributed by atoms with E-state index in [0.717, 1.165) is 50.1 Å². The Morgan fingerprint density at radius 3 is 2.77 bits per heavy atom. The molecule has 0 aliphatic carbocycles. The number of nitrogens with zero attached hydrogens (tertiary/aromatic N) is 3. The van der Waals surface area contributed by atoms with E-state index < -0.39 is 10.0 Å². The van der Waals surface area contributed by atoms with Crippen LogP contribution in [0, 0.1) is 0 Å². The zero-order valence-electron chi connectivity index (χ0n) is 17.5. The van der Waals surface area contributed by atoms with Gasteiger partial charge in [0.25, 0.3) is 0 Å². The number of carbonyl (C=O) groups is 1. The number of hydrogen-bond donors (Lipinski definition) is 1. The van der Waals surface area contributed by atoms with E-state index in [-0.39, 0.29) is 16.9 Å². The monoisotopic (exact) mass is 434 g/mol. The lowest BCUT2D eigenvalue weighted by molar-refractivity contribution is -0.121. The third kappa shape index (κ3) is 4.53. The van der Waals surface area contributed by atoms with Crippen molar-refractivity contribution in [2.24, 2.45) is 7.05 Å². The minimum Gasteiger partial charge on any atom is -0.376 e. The highest BCUT2D eigenvalue weighted by molar-refractivity contribution is 7.89. The minimum atomic E-state index is -3.49. The van der Waals surface area contributed by atoms with Gasteiger partial charge in [-0.1, -0.05) is 6.42 Å². The van der Waals surface area contributed by atoms with Gasteiger partial charge in [0, 0.05) is 46.1 Å². The number of carbonyl (C=O) groups excluding carboxylic acids is 1. The summed E-state index contributed by atoms with van der Waals surface area (Å²) in [5.41, 5.74) is 1.51. The van der Waals surface area contributed by atoms with Crippen LogP contribution in [-0.4, -0.2) is 60.5 Å². The Bertz CT molecular complexity index is 1010. The molecule has 2 aliphatic heterocycles. The molecule has 3 heterocycles. The zero-order valence-corrected chi connectivity index (χ0v) is 18.3. The number of sulfonamides is 1. The van der Waals surface area contributed by atoms with Crippen molar-refractivity contribution in [3.63, 3.8) is 0 Å². The Morgan fingerprint density at radius 1 is 1.23 bits per heavy atom. The molecule has 1 N–H and O–H groups in total. The maximum atomic E-state index is 12.9. The van der Waals surface area contributed by atoms with Crippen LogP contribution in [0.25, 0.3) is 11.0 Å². The van der Waals surface area contributed by atoms with E-state index in [0.29, 0.717) is 38.0 Å². The van der Waals surface area contributed by atoms with Crippen molar-refractivity contribution in [1.82, 2.24) is 19.2 Å². The zero-order chi connectivity index (χ0) is 21.1. The fourth-order valence-corrected chi connectivity index (χ4v) is 5.75. The van der Waals surface area contributed by atoms with Crippen LogP contribution in [0.15, 0.2) is 23.1 Å². The van der Waals surface area contributed by atoms with E-state index in [4.69, 9.17) is 4.74 Å². The summed E-state index contributed by atoms with van der Waals surface area (Å²) >= 11 is 0. The highest BCUT2D eigenvalue weighted by Crippen LogP contribution is 2.25. The van der Waals surface area contributed by atoms with Gasteiger partial charge in [-0.05, 0) is 43.9 Å². The van der Waals surface area contributed by atoms with E-state index in [9.17, 15) is 13.2 Å². The molecule has 9 heteroatoms. The van der Waals surface area contributed by atoms with Crippen molar-refractivity contribution < 1.29 is 17.9 Å². The number of aromatic nitrogens is 2. The Kier molecular flexibility index (Phi) is 6.40. The average Bonchev–Trinajstić information content (AvgIpc) is 3.39. The van der Waals surface area contributed by atoms with Crippen LogP contribution < -0.4 is 5.32 Å². The molecule has 8 nitrogen and oxygen atoms in total. The van der Waals surface area contributed by atoms with Gasteiger partial charge in [0.05, 0.1) is 22.0 Å². The lowest BCUT2D eigenvalue weighted by Crippen LogP contribution is -2.35. The van der Waals surface area contributed by atoms with Gasteiger partial charge in [0.15, 0.2) is 0 Å². The average molecular weight is 435 g/mol. The molecule has 1 atom stereocenters. The van der Waals surface area contributed by atoms with Crippen LogP contribution in [0.1, 0.15) is 44.3 Å². The molecule has 2 fully saturated rings. The first-order valence-corrected chi connectivity index (χ1v) is 12.2. The summed E-state index contributed by atoms with van der Waals surface area (Å²) in [5, 5.41) is 2.93. The lowest BCUT2D eigenvalue weighted by atomic mass is 10.2. The normalized spacial score (nSPS) is 20.6. The van der Waals surface area contributed by atoms with Crippen molar-refractivity contribution in [3.8, 4) is 0 Å². The predicted octanol–water partition coefficient (Wildman–Crippen LogP) is 1.98. The quantitative estimate of drug-likeness (QED) is 0.719. The van der Waals surface area contributed by atoms with Gasteiger partial charge in [0.1, 0.15) is 5.82 Å². The van der Waals surface area contributed by atoms with E-state index in [1.54, 1.807) is 22.5 Å². The second-order valence-corrected chi connectivity index (χ2v) is 10.1. The van der Waals surface area contributed by atoms with Crippen LogP contribution in [-0.2, 0) is 33.0 Å². The van der Waals surface area contributed by atoms with Crippen LogP contribution >= 0.6 is 0 Å². The molecule has 2 aromatic rings. The largest absolute Gasteiger partial charge is 0.376 e. The maximum absolute atomic E-state index is 12.9. The number of benzene rings is 1. The summed E-state index contributed by atoms with van der Waals surface area (Å²) in [6, 6.07) is 5.12. The first-order valence-electron chi connectivity index (χ1n) is 10.8. The third-order valence-electron chi connectivity index (χ3n) is 6.02. The highest BCUT2D eigenvalue weighted by Gasteiger charge is 2.26. The number of ether oxygens (including phenoxy) is 1. The van der Waals surface area contributed by atoms with Crippen LogP contribution in [0.5, 0.6) is 0 Å². The first kappa shape index (κ1) is 21.3. The Hall–Kier alpha value is -1.97. The summed E-state index contributed by atoms with van der Waals surface area (Å²) in [6.45, 7) is 2.48. The number of aryl methyl sites for hydroxylation is 2. The van der Waals surface area contributed by atoms with Crippen molar-refractivity contribution in [2.45, 2.75) is 55.9 Å². The van der Waals surface area contributed by atoms with Crippen LogP contribution in [0.2, 0.25) is 0 Å². The topological polar surface area (TPSA) is 93.5 Å². The molecule has 2 aliphatic rings. The number of rotatable bonds is 7. The number of hydrogen-bond acceptors (Lipinski definition) is 5. The maximum Gasteiger partial charge on any atom is 0.243 e. The molecule has 0 bridgehead atoms. The van der Waals surface area contributed by atoms with Gasteiger partial charge in [-0.25, -0.2) is 13.4 Å². The fraction of sp³-hybridized carbons (Fsp3) is 0.619. The molecule has 1 amide bonds. The molecule has 30 heavy (non-hydrogen) atoms. The molecule has 0 saturated carbocycles. The number of imidazole rings is 1. The molecule has 164 valence electrons. The van der Waals surface area contributed by atoms with Crippen molar-refractivity contribution in [1.29, 1.82) is 0 Å². The SMILES string of the molecule is Cn1c(CCC(=O)NCC2CCCO2)nc2cc(S(=O)(=O)N3CCCCC3)ccc21. The van der Waals surface area contributed by atoms with Gasteiger partial charge >= 0.3 is 0 Å². The molecule has 1 aromatic carbocycles. The summed E-state index contributed by atoms with van der Waals surface area (Å²) in [6.07, 6.45) is 5.90. The molecule has 4 rings (SSSR count). The molecule has 1 unspecified atom stereocenters. The van der Waals surface area contributed by atoms with Crippen molar-refractivity contribution in [2.75, 3.05) is 26.2 Å². The minimum absolute atomic E-state index is 0.0223. The van der Waals surface area contributed by atoms with Crippen molar-refractivity contribution in [3.05, 3.63) is 24.0 Å². The van der Waals surface area contributed by atoms with Gasteiger partial charge in [-0.2, -0.15) is 4.31 Å². The first-order chi connectivity index (χ1) is 14.4. The van der Waals surface area contributed by atoms with Crippen LogP contribution in [0.4, 0.5) is 0 Å². The molecule has 1 aromatic heterocycles. The van der Waals surface area contributed by atoms with Crippen molar-refractivity contribution >= 4 is 27.0 Å². The second-order valence-electron chi connectivity index (χ2n) is 8.14. The smallest absolute Gasteiger partial charge is 0.243 e. The van der Waals surface area contributed by atoms with Gasteiger partial charge < -0.3 is 14.6 Å². The Labute approximate surface area is 177 Å². The second kappa shape index (κ2) is 9.03. The van der Waals surface area contributed by atoms with E-state index in [1.165, 1.54) is 0 Å². The Balaban J connectivity index is 1.43. The number of nitrogens with one attached hydrogen (secondary N) is 1. The number of piperidine rings is 1. The Morgan fingerprint density at radius 2 is 2.03 bits per heavy atom. The third-order valence-corrected chi connectivity index (χ3v) is 7.92. The lowest BCUT2D eigenvalue weighted by Gasteiger charge is -2.25. The molecular formula is C21H30N4O4S. The van der Waals surface area contributed by atoms with Crippen LogP contribution in [0.3, 0.4) is 0 Å². The summed E-state index contributed by atoms with van der Waals surface area (Å²) in [7, 11) is -1.59. The fourth-order valence-electron chi connectivity index (χ4n) is 4.21. The summed E-state index contributed by atoms with van der Waals surface area (Å²) in [5.74, 6) is 0.746. The molecule has 0 spiro atoms. The van der Waals surface area contributed by atoms with Gasteiger partial charge in [-0.3, -0.25) is 4.79 Å². The molecule has 0 radical (unpaired) electrons. The van der Waals surface area contributed by atoms with Gasteiger partial charge in [0.2, 0.25) is 15.9 Å². The number of amides is 1. The van der Waals surface area contributed by atoms with E-state index in [1.807, 2.05) is 11.6 Å². The van der Waals surface area contributed by atoms with E-state index >= 15 is 0 Å². The molecule has 2 saturated heterocycles. The predicted molar refractivity (Wildman–Crippen MR) is 114 cm³/mol. The number of fused-ring (bicyclic) bond motifs is 1. The highest BCUT2D eigenvalue weighted by atomic mass is 32.2. The van der Waals surface area contributed by atoms with Gasteiger partial charge in [-0.15, -0.1) is 0 Å². The molecular weight excluding hydrogens is 404 g/mol. The summed E-state index contributed by atoms with van der Waals surface area (Å²) in [4.78, 5) is 17.1. The standard InChI is InChI=1S/C21H30N4O4S/c1-24-19-8-7-17(30(27,28)25-11-3-2-4-12-25)14-18(19)23-20(24)9-10-21(26)22-15-16-6-5-13-29-16/h7-8,14,16H,2-6,9-13,15H2,1H3,(H,22,26). The summed E-state index contributed by atoms with van der Waals surface area (Å²) < 4.78 is 34.9. The van der Waals surface area contributed by atoms with E-state index in [2.05, 4.69) is 10.3 Å².